The Hall–Kier alpha value is -0.810. The van der Waals surface area contributed by atoms with Crippen molar-refractivity contribution in [3.63, 3.8) is 0 Å². The summed E-state index contributed by atoms with van der Waals surface area (Å²) in [6.07, 6.45) is 6.37. The number of hydrogen-bond acceptors (Lipinski definition) is 4. The van der Waals surface area contributed by atoms with Crippen LogP contribution in [0.25, 0.3) is 0 Å². The highest BCUT2D eigenvalue weighted by Crippen LogP contribution is 2.23. The quantitative estimate of drug-likeness (QED) is 0.725. The second kappa shape index (κ2) is 10.2. The highest BCUT2D eigenvalue weighted by atomic mass is 16.6. The normalized spacial score (nSPS) is 21.4. The molecule has 0 aromatic heterocycles. The van der Waals surface area contributed by atoms with Gasteiger partial charge in [-0.3, -0.25) is 0 Å². The highest BCUT2D eigenvalue weighted by molar-refractivity contribution is 5.68. The van der Waals surface area contributed by atoms with E-state index in [1.807, 2.05) is 25.7 Å². The molecule has 1 N–H and O–H groups in total. The molecule has 1 amide bonds. The van der Waals surface area contributed by atoms with Crippen LogP contribution in [0.1, 0.15) is 73.1 Å². The molecule has 5 heteroatoms. The zero-order chi connectivity index (χ0) is 18.2. The second-order valence-corrected chi connectivity index (χ2v) is 8.07. The zero-order valence-electron chi connectivity index (χ0n) is 16.6. The fourth-order valence-corrected chi connectivity index (χ4v) is 3.45. The first kappa shape index (κ1) is 21.2. The molecule has 1 rings (SSSR count). The number of piperidine rings is 1. The zero-order valence-corrected chi connectivity index (χ0v) is 16.6. The fourth-order valence-electron chi connectivity index (χ4n) is 3.45. The molecule has 3 unspecified atom stereocenters. The maximum Gasteiger partial charge on any atom is 0.410 e. The van der Waals surface area contributed by atoms with Crippen molar-refractivity contribution < 1.29 is 14.3 Å². The molecule has 0 aromatic carbocycles. The summed E-state index contributed by atoms with van der Waals surface area (Å²) >= 11 is 0. The molecule has 1 aliphatic heterocycles. The van der Waals surface area contributed by atoms with Gasteiger partial charge in [-0.2, -0.15) is 0 Å². The summed E-state index contributed by atoms with van der Waals surface area (Å²) in [5, 5.41) is 3.67. The number of hydrogen-bond donors (Lipinski definition) is 1. The van der Waals surface area contributed by atoms with Gasteiger partial charge >= 0.3 is 6.09 Å². The first-order valence-corrected chi connectivity index (χ1v) is 9.51. The average molecular weight is 343 g/mol. The van der Waals surface area contributed by atoms with Crippen LogP contribution in [0.5, 0.6) is 0 Å². The molecule has 0 saturated carbocycles. The smallest absolute Gasteiger partial charge is 0.410 e. The molecule has 0 aliphatic carbocycles. The Kier molecular flexibility index (Phi) is 9.06. The van der Waals surface area contributed by atoms with Crippen LogP contribution in [0.2, 0.25) is 0 Å². The van der Waals surface area contributed by atoms with Crippen molar-refractivity contribution in [1.29, 1.82) is 0 Å². The predicted octanol–water partition coefficient (Wildman–Crippen LogP) is 3.96. The molecule has 3 atom stereocenters. The Morgan fingerprint density at radius 3 is 2.62 bits per heavy atom. The third kappa shape index (κ3) is 7.84. The monoisotopic (exact) mass is 342 g/mol. The number of nitrogens with one attached hydrogen (secondary N) is 1. The standard InChI is InChI=1S/C19H38N2O3/c1-7-10-16(14-23-6)20-15(2)13-17-11-8-9-12-21(17)18(22)24-19(3,4)5/h15-17,20H,7-14H2,1-6H3. The maximum absolute atomic E-state index is 12.5. The van der Waals surface area contributed by atoms with Gasteiger partial charge in [0.1, 0.15) is 5.60 Å². The van der Waals surface area contributed by atoms with E-state index in [-0.39, 0.29) is 12.1 Å². The lowest BCUT2D eigenvalue weighted by Gasteiger charge is -2.38. The molecular weight excluding hydrogens is 304 g/mol. The van der Waals surface area contributed by atoms with E-state index in [9.17, 15) is 4.79 Å². The topological polar surface area (TPSA) is 50.8 Å². The molecule has 1 heterocycles. The number of methoxy groups -OCH3 is 1. The lowest BCUT2D eigenvalue weighted by molar-refractivity contribution is 0.00759. The number of likely N-dealkylation sites (tertiary alicyclic amines) is 1. The van der Waals surface area contributed by atoms with E-state index in [4.69, 9.17) is 9.47 Å². The van der Waals surface area contributed by atoms with Gasteiger partial charge < -0.3 is 19.7 Å². The van der Waals surface area contributed by atoms with Crippen molar-refractivity contribution in [2.24, 2.45) is 0 Å². The maximum atomic E-state index is 12.5. The Morgan fingerprint density at radius 1 is 1.33 bits per heavy atom. The molecule has 1 saturated heterocycles. The molecule has 0 aromatic rings. The minimum absolute atomic E-state index is 0.165. The molecule has 0 spiro atoms. The van der Waals surface area contributed by atoms with Crippen molar-refractivity contribution in [2.45, 2.75) is 96.9 Å². The molecule has 1 aliphatic rings. The molecule has 5 nitrogen and oxygen atoms in total. The van der Waals surface area contributed by atoms with E-state index in [1.165, 1.54) is 6.42 Å². The van der Waals surface area contributed by atoms with Gasteiger partial charge in [0.05, 0.1) is 6.61 Å². The van der Waals surface area contributed by atoms with Crippen molar-refractivity contribution in [2.75, 3.05) is 20.3 Å². The summed E-state index contributed by atoms with van der Waals surface area (Å²) in [4.78, 5) is 14.4. The number of carbonyl (C=O) groups is 1. The molecule has 142 valence electrons. The van der Waals surface area contributed by atoms with E-state index < -0.39 is 5.60 Å². The van der Waals surface area contributed by atoms with Gasteiger partial charge in [0.25, 0.3) is 0 Å². The summed E-state index contributed by atoms with van der Waals surface area (Å²) in [5.41, 5.74) is -0.437. The molecule has 24 heavy (non-hydrogen) atoms. The van der Waals surface area contributed by atoms with E-state index in [2.05, 4.69) is 19.2 Å². The molecule has 0 bridgehead atoms. The van der Waals surface area contributed by atoms with Crippen LogP contribution in [0, 0.1) is 0 Å². The van der Waals surface area contributed by atoms with Crippen LogP contribution < -0.4 is 5.32 Å². The van der Waals surface area contributed by atoms with Gasteiger partial charge in [-0.25, -0.2) is 4.79 Å². The lowest BCUT2D eigenvalue weighted by Crippen LogP contribution is -2.49. The van der Waals surface area contributed by atoms with E-state index in [0.29, 0.717) is 12.1 Å². The number of carbonyl (C=O) groups excluding carboxylic acids is 1. The van der Waals surface area contributed by atoms with Crippen LogP contribution in [0.3, 0.4) is 0 Å². The first-order valence-electron chi connectivity index (χ1n) is 9.51. The minimum atomic E-state index is -0.437. The second-order valence-electron chi connectivity index (χ2n) is 8.07. The van der Waals surface area contributed by atoms with Crippen LogP contribution in [0.4, 0.5) is 4.79 Å². The number of amides is 1. The minimum Gasteiger partial charge on any atom is -0.444 e. The molecule has 0 radical (unpaired) electrons. The van der Waals surface area contributed by atoms with Gasteiger partial charge in [0, 0.05) is 31.8 Å². The highest BCUT2D eigenvalue weighted by Gasteiger charge is 2.31. The summed E-state index contributed by atoms with van der Waals surface area (Å²) < 4.78 is 10.9. The Balaban J connectivity index is 2.59. The van der Waals surface area contributed by atoms with Gasteiger partial charge in [0.15, 0.2) is 0 Å². The van der Waals surface area contributed by atoms with Crippen LogP contribution in [0.15, 0.2) is 0 Å². The third-order valence-electron chi connectivity index (χ3n) is 4.41. The summed E-state index contributed by atoms with van der Waals surface area (Å²) in [5.74, 6) is 0. The average Bonchev–Trinajstić information content (AvgIpc) is 2.46. The van der Waals surface area contributed by atoms with Gasteiger partial charge in [-0.15, -0.1) is 0 Å². The summed E-state index contributed by atoms with van der Waals surface area (Å²) in [6, 6.07) is 0.999. The molecule has 1 fully saturated rings. The Bertz CT molecular complexity index is 362. The van der Waals surface area contributed by atoms with E-state index in [1.54, 1.807) is 7.11 Å². The van der Waals surface area contributed by atoms with Crippen molar-refractivity contribution in [3.8, 4) is 0 Å². The van der Waals surface area contributed by atoms with Crippen molar-refractivity contribution in [1.82, 2.24) is 10.2 Å². The van der Waals surface area contributed by atoms with Gasteiger partial charge in [-0.05, 0) is 59.8 Å². The van der Waals surface area contributed by atoms with Crippen LogP contribution >= 0.6 is 0 Å². The largest absolute Gasteiger partial charge is 0.444 e. The van der Waals surface area contributed by atoms with Crippen LogP contribution in [-0.4, -0.2) is 55.0 Å². The van der Waals surface area contributed by atoms with Crippen molar-refractivity contribution >= 4 is 6.09 Å². The number of ether oxygens (including phenoxy) is 2. The molecular formula is C19H38N2O3. The Morgan fingerprint density at radius 2 is 2.04 bits per heavy atom. The fraction of sp³-hybridized carbons (Fsp3) is 0.947. The lowest BCUT2D eigenvalue weighted by atomic mass is 9.96. The van der Waals surface area contributed by atoms with E-state index in [0.717, 1.165) is 45.3 Å². The van der Waals surface area contributed by atoms with E-state index >= 15 is 0 Å². The SMILES string of the molecule is CCCC(COC)NC(C)CC1CCCCN1C(=O)OC(C)(C)C. The predicted molar refractivity (Wildman–Crippen MR) is 98.4 cm³/mol. The number of rotatable bonds is 8. The van der Waals surface area contributed by atoms with Crippen LogP contribution in [-0.2, 0) is 9.47 Å². The summed E-state index contributed by atoms with van der Waals surface area (Å²) in [7, 11) is 1.75. The summed E-state index contributed by atoms with van der Waals surface area (Å²) in [6.45, 7) is 11.7. The first-order chi connectivity index (χ1) is 11.3. The van der Waals surface area contributed by atoms with Gasteiger partial charge in [0.2, 0.25) is 0 Å². The third-order valence-corrected chi connectivity index (χ3v) is 4.41. The van der Waals surface area contributed by atoms with Gasteiger partial charge in [-0.1, -0.05) is 13.3 Å². The number of nitrogens with zero attached hydrogens (tertiary/aromatic N) is 1. The Labute approximate surface area is 148 Å². The van der Waals surface area contributed by atoms with Crippen molar-refractivity contribution in [3.05, 3.63) is 0 Å².